The molecule has 4 amide bonds. The number of halogens is 5. The largest absolute Gasteiger partial charge is 0.347 e. The molecule has 8 N–H and O–H groups in total. The summed E-state index contributed by atoms with van der Waals surface area (Å²) in [5.41, 5.74) is 5.77. The van der Waals surface area contributed by atoms with Crippen LogP contribution in [0, 0.1) is 11.7 Å². The number of thiazole rings is 3. The number of aryl methyl sites for hydroxylation is 1. The second-order valence-electron chi connectivity index (χ2n) is 26.5. The lowest BCUT2D eigenvalue weighted by Gasteiger charge is -2.16. The first kappa shape index (κ1) is 88.1. The fourth-order valence-electron chi connectivity index (χ4n) is 12.1. The maximum atomic E-state index is 13.8. The Hall–Kier alpha value is -11.7. The predicted molar refractivity (Wildman–Crippen MR) is 478 cm³/mol. The van der Waals surface area contributed by atoms with Gasteiger partial charge in [-0.2, -0.15) is 4.37 Å². The van der Waals surface area contributed by atoms with E-state index in [0.29, 0.717) is 82.6 Å². The van der Waals surface area contributed by atoms with E-state index >= 15 is 0 Å². The normalized spacial score (nSPS) is 12.1. The maximum Gasteiger partial charge on any atom is 0.263 e. The number of hydrogen-bond acceptors (Lipinski definition) is 22. The minimum absolute atomic E-state index is 0.000113. The molecule has 0 radical (unpaired) electrons. The third kappa shape index (κ3) is 22.5. The average Bonchev–Trinajstić information content (AvgIpc) is 1.64. The average molecular weight is 1880 g/mol. The van der Waals surface area contributed by atoms with Crippen LogP contribution in [0.5, 0.6) is 0 Å². The van der Waals surface area contributed by atoms with Gasteiger partial charge in [-0.15, -0.1) is 34.0 Å². The molecule has 30 nitrogen and oxygen atoms in total. The van der Waals surface area contributed by atoms with Crippen LogP contribution in [-0.2, 0) is 78.9 Å². The Labute approximate surface area is 733 Å². The number of carbonyl (C=O) groups excluding carboxylic acids is 4. The lowest BCUT2D eigenvalue weighted by molar-refractivity contribution is -0.120. The summed E-state index contributed by atoms with van der Waals surface area (Å²) in [6.07, 6.45) is 13.3. The molecule has 0 aliphatic carbocycles. The molecule has 2 atom stereocenters. The van der Waals surface area contributed by atoms with E-state index in [0.717, 1.165) is 38.9 Å². The van der Waals surface area contributed by atoms with Crippen molar-refractivity contribution in [2.45, 2.75) is 71.9 Å². The van der Waals surface area contributed by atoms with E-state index in [9.17, 15) is 57.2 Å². The Morgan fingerprint density at radius 2 is 0.910 bits per heavy atom. The summed E-state index contributed by atoms with van der Waals surface area (Å²) in [4.78, 5) is 69.9. The zero-order valence-electron chi connectivity index (χ0n) is 63.4. The van der Waals surface area contributed by atoms with Crippen LogP contribution in [0.25, 0.3) is 43.7 Å². The van der Waals surface area contributed by atoms with E-state index in [1.165, 1.54) is 144 Å². The SMILES string of the molecule is CC(CC(=O)Nc1ccc(S(=O)(=O)Nc2nccs2)cc1)n1ccc2cccc(Cl)c21.CC(Cn1ccc2cccc(Cl)c21)C(=O)Nc1ccc(S(=O)(=O)Nc2nccs2)cc1.O=C(CCn1ccc2c(F)cccc21)Nc1ccc(S(=O)(=O)Nc2ncns2)cc1.O=C(Cn1cnc2cc(Cl)c(Cl)cc21)Nc1ccc(S(=O)(=O)Nc2nccs2)cc1. The van der Waals surface area contributed by atoms with Crippen molar-refractivity contribution in [2.24, 2.45) is 5.92 Å². The van der Waals surface area contributed by atoms with Crippen molar-refractivity contribution in [1.29, 1.82) is 0 Å². The number of nitrogens with zero attached hydrogens (tertiary/aromatic N) is 10. The molecule has 8 aromatic heterocycles. The number of amides is 4. The van der Waals surface area contributed by atoms with E-state index in [-0.39, 0.29) is 90.6 Å². The Morgan fingerprint density at radius 3 is 1.42 bits per heavy atom. The standard InChI is InChI=1S/2C21H19ClN4O3S2.C19H16FN5O3S2.C18H13Cl2N5O3S2/c1-14(13-26-11-9-15-3-2-4-18(22)19(15)26)20(27)24-16-5-7-17(8-6-16)31(28,29)25-21-23-10-12-30-21;1-14(26-11-9-15-3-2-4-18(22)20(15)26)13-19(27)24-16-5-7-17(8-6-16)31(28,29)25-21-23-10-12-30-21;20-16-2-1-3-17-15(16)8-10-25(17)11-9-18(26)23-13-4-6-14(7-5-13)30(27,28)24-19-21-12-22-29-19;19-13-7-15-16(8-14(13)20)25(10-22-15)9-17(26)23-11-1-3-12(4-2-11)30(27,28)24-18-21-5-6-29-18/h2*2-12,14H,13H2,1H3,(H,23,25)(H,24,27);1-8,10,12H,9,11H2,(H,23,26)(H,21,22,24);1-8,10H,9H2,(H,21,24)(H,23,26). The number of aromatic nitrogens is 10. The van der Waals surface area contributed by atoms with Gasteiger partial charge in [-0.1, -0.05) is 83.7 Å². The van der Waals surface area contributed by atoms with Crippen molar-refractivity contribution < 1.29 is 57.2 Å². The van der Waals surface area contributed by atoms with E-state index in [4.69, 9.17) is 46.4 Å². The number of carbonyl (C=O) groups is 4. The fraction of sp³-hybridized carbons (Fsp3) is 0.114. The Balaban J connectivity index is 0.000000140. The van der Waals surface area contributed by atoms with Gasteiger partial charge in [0.25, 0.3) is 40.1 Å². The molecule has 0 aliphatic heterocycles. The van der Waals surface area contributed by atoms with E-state index in [1.807, 2.05) is 88.5 Å². The molecule has 0 saturated carbocycles. The molecule has 8 aromatic carbocycles. The first-order valence-electron chi connectivity index (χ1n) is 36.1. The Kier molecular flexibility index (Phi) is 28.1. The number of para-hydroxylation sites is 2. The minimum atomic E-state index is -3.78. The van der Waals surface area contributed by atoms with Gasteiger partial charge >= 0.3 is 0 Å². The topological polar surface area (TPSA) is 398 Å². The highest BCUT2D eigenvalue weighted by Gasteiger charge is 2.24. The van der Waals surface area contributed by atoms with Crippen LogP contribution in [0.15, 0.2) is 268 Å². The molecule has 122 heavy (non-hydrogen) atoms. The van der Waals surface area contributed by atoms with Gasteiger partial charge in [0.2, 0.25) is 28.8 Å². The second-order valence-corrected chi connectivity index (χ2v) is 38.3. The van der Waals surface area contributed by atoms with Crippen LogP contribution >= 0.6 is 91.9 Å². The van der Waals surface area contributed by atoms with Crippen LogP contribution in [0.2, 0.25) is 20.1 Å². The fourth-order valence-corrected chi connectivity index (χ4v) is 20.0. The third-order valence-corrected chi connectivity index (χ3v) is 27.9. The lowest BCUT2D eigenvalue weighted by atomic mass is 10.1. The quantitative estimate of drug-likeness (QED) is 0.0237. The summed E-state index contributed by atoms with van der Waals surface area (Å²) >= 11 is 29.2. The van der Waals surface area contributed by atoms with E-state index in [1.54, 1.807) is 81.5 Å². The molecule has 8 heterocycles. The first-order chi connectivity index (χ1) is 58.4. The molecule has 43 heteroatoms. The molecule has 2 unspecified atom stereocenters. The summed E-state index contributed by atoms with van der Waals surface area (Å²) < 4.78 is 133. The van der Waals surface area contributed by atoms with Gasteiger partial charge in [0, 0.05) is 136 Å². The number of imidazole rings is 1. The molecular weight excluding hydrogens is 1810 g/mol. The number of fused-ring (bicyclic) bond motifs is 4. The van der Waals surface area contributed by atoms with Crippen molar-refractivity contribution in [3.63, 3.8) is 0 Å². The van der Waals surface area contributed by atoms with Gasteiger partial charge in [-0.3, -0.25) is 38.1 Å². The Morgan fingerprint density at radius 1 is 0.451 bits per heavy atom. The third-order valence-electron chi connectivity index (χ3n) is 17.9. The van der Waals surface area contributed by atoms with Crippen molar-refractivity contribution in [2.75, 3.05) is 40.2 Å². The molecule has 16 rings (SSSR count). The number of nitrogens with one attached hydrogen (secondary N) is 8. The highest BCUT2D eigenvalue weighted by molar-refractivity contribution is 7.93. The first-order valence-corrected chi connectivity index (χ1v) is 47.0. The van der Waals surface area contributed by atoms with Crippen molar-refractivity contribution in [1.82, 2.24) is 47.6 Å². The molecule has 0 spiro atoms. The number of anilines is 8. The zero-order chi connectivity index (χ0) is 86.5. The molecule has 0 saturated heterocycles. The monoisotopic (exact) mass is 1870 g/mol. The maximum absolute atomic E-state index is 13.8. The van der Waals surface area contributed by atoms with Gasteiger partial charge in [-0.05, 0) is 159 Å². The van der Waals surface area contributed by atoms with Crippen molar-refractivity contribution >= 4 is 243 Å². The molecular formula is C79H67Cl4FN18O12S8. The molecule has 628 valence electrons. The van der Waals surface area contributed by atoms with Gasteiger partial charge in [-0.25, -0.2) is 63.0 Å². The van der Waals surface area contributed by atoms with Crippen LogP contribution < -0.4 is 40.2 Å². The summed E-state index contributed by atoms with van der Waals surface area (Å²) in [5.74, 6) is -1.54. The molecule has 0 fully saturated rings. The highest BCUT2D eigenvalue weighted by atomic mass is 35.5. The smallest absolute Gasteiger partial charge is 0.263 e. The van der Waals surface area contributed by atoms with Gasteiger partial charge in [0.05, 0.1) is 79.5 Å². The van der Waals surface area contributed by atoms with Crippen LogP contribution in [0.4, 0.5) is 47.7 Å². The molecule has 16 aromatic rings. The van der Waals surface area contributed by atoms with E-state index in [2.05, 4.69) is 69.4 Å². The summed E-state index contributed by atoms with van der Waals surface area (Å²) in [7, 11) is -15.0. The second kappa shape index (κ2) is 39.0. The number of sulfonamides is 4. The summed E-state index contributed by atoms with van der Waals surface area (Å²) in [6, 6.07) is 48.6. The Bertz CT molecular complexity index is 6900. The van der Waals surface area contributed by atoms with Gasteiger partial charge in [0.1, 0.15) is 18.7 Å². The number of hydrogen-bond donors (Lipinski definition) is 8. The minimum Gasteiger partial charge on any atom is -0.347 e. The predicted octanol–water partition coefficient (Wildman–Crippen LogP) is 17.7. The van der Waals surface area contributed by atoms with Crippen molar-refractivity contribution in [3.8, 4) is 0 Å². The van der Waals surface area contributed by atoms with E-state index < -0.39 is 40.1 Å². The summed E-state index contributed by atoms with van der Waals surface area (Å²) in [5, 5.41) is 21.7. The summed E-state index contributed by atoms with van der Waals surface area (Å²) in [6.45, 7) is 4.62. The highest BCUT2D eigenvalue weighted by Crippen LogP contribution is 2.33. The van der Waals surface area contributed by atoms with Crippen molar-refractivity contribution in [3.05, 3.63) is 274 Å². The van der Waals surface area contributed by atoms with Crippen LogP contribution in [-0.4, -0.2) is 105 Å². The number of benzene rings is 8. The van der Waals surface area contributed by atoms with Crippen LogP contribution in [0.3, 0.4) is 0 Å². The number of rotatable bonds is 27. The zero-order valence-corrected chi connectivity index (χ0v) is 72.9. The van der Waals surface area contributed by atoms with Gasteiger partial charge < -0.3 is 39.5 Å². The molecule has 0 aliphatic rings. The molecule has 0 bridgehead atoms. The van der Waals surface area contributed by atoms with Crippen LogP contribution in [0.1, 0.15) is 32.7 Å². The lowest BCUT2D eigenvalue weighted by Crippen LogP contribution is -2.24. The van der Waals surface area contributed by atoms with Gasteiger partial charge in [0.15, 0.2) is 15.4 Å².